The van der Waals surface area contributed by atoms with Gasteiger partial charge in [-0.2, -0.15) is 5.10 Å². The van der Waals surface area contributed by atoms with Crippen LogP contribution in [0.4, 0.5) is 5.82 Å². The van der Waals surface area contributed by atoms with Crippen molar-refractivity contribution in [2.75, 3.05) is 5.32 Å². The molecule has 102 valence electrons. The molecule has 2 heterocycles. The van der Waals surface area contributed by atoms with Crippen molar-refractivity contribution in [3.63, 3.8) is 0 Å². The van der Waals surface area contributed by atoms with E-state index in [9.17, 15) is 0 Å². The van der Waals surface area contributed by atoms with Gasteiger partial charge in [0.15, 0.2) is 5.82 Å². The van der Waals surface area contributed by atoms with Crippen LogP contribution in [0.5, 0.6) is 0 Å². The second-order valence-electron chi connectivity index (χ2n) is 4.18. The van der Waals surface area contributed by atoms with Crippen molar-refractivity contribution < 1.29 is 0 Å². The number of thiocarbonyl (C=S) groups is 1. The fourth-order valence-corrected chi connectivity index (χ4v) is 2.24. The normalized spacial score (nSPS) is 10.7. The number of hydrogen-bond acceptors (Lipinski definition) is 5. The summed E-state index contributed by atoms with van der Waals surface area (Å²) in [6.45, 7) is 5.30. The lowest BCUT2D eigenvalue weighted by molar-refractivity contribution is 0.700. The first-order valence-corrected chi connectivity index (χ1v) is 6.39. The standard InChI is InChI=1S/C11H17N7S/c1-4-18-6-14-15-8(18)5-13-11-9(10(12)19)7(2)16-17(11)3/h6,13H,4-5H2,1-3H3,(H2,12,19). The Morgan fingerprint density at radius 2 is 2.26 bits per heavy atom. The van der Waals surface area contributed by atoms with E-state index in [2.05, 4.69) is 20.6 Å². The van der Waals surface area contributed by atoms with Crippen LogP contribution in [0.3, 0.4) is 0 Å². The highest BCUT2D eigenvalue weighted by Gasteiger charge is 2.15. The monoisotopic (exact) mass is 279 g/mol. The van der Waals surface area contributed by atoms with Crippen molar-refractivity contribution in [2.24, 2.45) is 12.8 Å². The third-order valence-electron chi connectivity index (χ3n) is 2.92. The van der Waals surface area contributed by atoms with Crippen LogP contribution in [0, 0.1) is 6.92 Å². The first-order valence-electron chi connectivity index (χ1n) is 5.98. The molecule has 2 aromatic heterocycles. The minimum Gasteiger partial charge on any atom is -0.389 e. The van der Waals surface area contributed by atoms with E-state index in [1.165, 1.54) is 0 Å². The van der Waals surface area contributed by atoms with Gasteiger partial charge in [-0.1, -0.05) is 12.2 Å². The number of anilines is 1. The van der Waals surface area contributed by atoms with Crippen molar-refractivity contribution in [3.05, 3.63) is 23.4 Å². The van der Waals surface area contributed by atoms with Gasteiger partial charge in [0.05, 0.1) is 17.8 Å². The van der Waals surface area contributed by atoms with E-state index in [1.807, 2.05) is 25.5 Å². The van der Waals surface area contributed by atoms with Gasteiger partial charge in [0.1, 0.15) is 17.1 Å². The van der Waals surface area contributed by atoms with Crippen LogP contribution in [-0.2, 0) is 20.1 Å². The Kier molecular flexibility index (Phi) is 3.79. The summed E-state index contributed by atoms with van der Waals surface area (Å²) in [6.07, 6.45) is 1.71. The van der Waals surface area contributed by atoms with Crippen LogP contribution in [-0.4, -0.2) is 29.5 Å². The molecule has 0 atom stereocenters. The molecule has 0 saturated carbocycles. The average molecular weight is 279 g/mol. The minimum atomic E-state index is 0.338. The quantitative estimate of drug-likeness (QED) is 0.779. The largest absolute Gasteiger partial charge is 0.389 e. The molecule has 0 aliphatic carbocycles. The Hall–Kier alpha value is -1.96. The highest BCUT2D eigenvalue weighted by molar-refractivity contribution is 7.80. The Morgan fingerprint density at radius 1 is 1.53 bits per heavy atom. The molecule has 0 unspecified atom stereocenters. The number of nitrogens with two attached hydrogens (primary N) is 1. The van der Waals surface area contributed by atoms with Gasteiger partial charge in [-0.3, -0.25) is 4.68 Å². The topological polar surface area (TPSA) is 86.6 Å². The number of nitrogens with one attached hydrogen (secondary N) is 1. The SMILES string of the molecule is CCn1cnnc1CNc1c(C(N)=S)c(C)nn1C. The number of rotatable bonds is 5. The lowest BCUT2D eigenvalue weighted by Gasteiger charge is -2.09. The molecule has 7 nitrogen and oxygen atoms in total. The molecule has 0 amide bonds. The predicted octanol–water partition coefficient (Wildman–Crippen LogP) is 0.586. The number of aryl methyl sites for hydroxylation is 3. The van der Waals surface area contributed by atoms with Crippen molar-refractivity contribution in [1.82, 2.24) is 24.5 Å². The minimum absolute atomic E-state index is 0.338. The number of aromatic nitrogens is 5. The maximum atomic E-state index is 5.74. The number of hydrogen-bond donors (Lipinski definition) is 2. The van der Waals surface area contributed by atoms with Crippen LogP contribution in [0.1, 0.15) is 24.0 Å². The van der Waals surface area contributed by atoms with E-state index in [0.717, 1.165) is 29.4 Å². The molecule has 0 aromatic carbocycles. The molecule has 2 rings (SSSR count). The van der Waals surface area contributed by atoms with E-state index < -0.39 is 0 Å². The maximum Gasteiger partial charge on any atom is 0.152 e. The zero-order valence-electron chi connectivity index (χ0n) is 11.2. The van der Waals surface area contributed by atoms with Crippen LogP contribution < -0.4 is 11.1 Å². The van der Waals surface area contributed by atoms with Gasteiger partial charge in [0, 0.05) is 13.6 Å². The second-order valence-corrected chi connectivity index (χ2v) is 4.62. The van der Waals surface area contributed by atoms with E-state index in [0.29, 0.717) is 11.5 Å². The summed E-state index contributed by atoms with van der Waals surface area (Å²) in [5.41, 5.74) is 7.33. The van der Waals surface area contributed by atoms with Gasteiger partial charge in [-0.05, 0) is 13.8 Å². The highest BCUT2D eigenvalue weighted by atomic mass is 32.1. The molecule has 0 aliphatic rings. The molecule has 8 heteroatoms. The highest BCUT2D eigenvalue weighted by Crippen LogP contribution is 2.19. The van der Waals surface area contributed by atoms with Crippen molar-refractivity contribution in [2.45, 2.75) is 26.9 Å². The number of nitrogens with zero attached hydrogens (tertiary/aromatic N) is 5. The van der Waals surface area contributed by atoms with Gasteiger partial charge >= 0.3 is 0 Å². The molecule has 0 spiro atoms. The van der Waals surface area contributed by atoms with E-state index in [4.69, 9.17) is 18.0 Å². The fourth-order valence-electron chi connectivity index (χ4n) is 2.00. The molecule has 0 fully saturated rings. The Morgan fingerprint density at radius 3 is 2.89 bits per heavy atom. The summed E-state index contributed by atoms with van der Waals surface area (Å²) >= 11 is 5.06. The van der Waals surface area contributed by atoms with Crippen molar-refractivity contribution in [1.29, 1.82) is 0 Å². The van der Waals surface area contributed by atoms with Crippen LogP contribution >= 0.6 is 12.2 Å². The summed E-state index contributed by atoms with van der Waals surface area (Å²) in [4.78, 5) is 0.338. The molecule has 19 heavy (non-hydrogen) atoms. The third kappa shape index (κ3) is 2.58. The summed E-state index contributed by atoms with van der Waals surface area (Å²) in [6, 6.07) is 0. The molecule has 0 radical (unpaired) electrons. The smallest absolute Gasteiger partial charge is 0.152 e. The maximum absolute atomic E-state index is 5.74. The molecule has 3 N–H and O–H groups in total. The van der Waals surface area contributed by atoms with E-state index in [-0.39, 0.29) is 0 Å². The average Bonchev–Trinajstić information content (AvgIpc) is 2.90. The zero-order valence-corrected chi connectivity index (χ0v) is 12.0. The van der Waals surface area contributed by atoms with E-state index in [1.54, 1.807) is 11.0 Å². The van der Waals surface area contributed by atoms with Crippen molar-refractivity contribution in [3.8, 4) is 0 Å². The lowest BCUT2D eigenvalue weighted by atomic mass is 10.2. The lowest BCUT2D eigenvalue weighted by Crippen LogP contribution is -2.15. The van der Waals surface area contributed by atoms with Gasteiger partial charge in [0.25, 0.3) is 0 Å². The molecular formula is C11H17N7S. The van der Waals surface area contributed by atoms with Crippen LogP contribution in [0.2, 0.25) is 0 Å². The Bertz CT molecular complexity index is 598. The van der Waals surface area contributed by atoms with Gasteiger partial charge in [-0.25, -0.2) is 0 Å². The molecule has 0 bridgehead atoms. The van der Waals surface area contributed by atoms with Gasteiger partial charge < -0.3 is 15.6 Å². The molecule has 2 aromatic rings. The summed E-state index contributed by atoms with van der Waals surface area (Å²) < 4.78 is 3.70. The summed E-state index contributed by atoms with van der Waals surface area (Å²) in [5, 5.41) is 15.5. The summed E-state index contributed by atoms with van der Waals surface area (Å²) in [7, 11) is 1.85. The molecule has 0 aliphatic heterocycles. The predicted molar refractivity (Wildman–Crippen MR) is 76.9 cm³/mol. The first kappa shape index (κ1) is 13.5. The Labute approximate surface area is 116 Å². The Balaban J connectivity index is 2.22. The molecular weight excluding hydrogens is 262 g/mol. The first-order chi connectivity index (χ1) is 9.04. The van der Waals surface area contributed by atoms with Crippen LogP contribution in [0.15, 0.2) is 6.33 Å². The van der Waals surface area contributed by atoms with E-state index >= 15 is 0 Å². The second kappa shape index (κ2) is 5.35. The third-order valence-corrected chi connectivity index (χ3v) is 3.12. The molecule has 0 saturated heterocycles. The zero-order chi connectivity index (χ0) is 14.0. The van der Waals surface area contributed by atoms with Gasteiger partial charge in [0.2, 0.25) is 0 Å². The van der Waals surface area contributed by atoms with Gasteiger partial charge in [-0.15, -0.1) is 10.2 Å². The summed E-state index contributed by atoms with van der Waals surface area (Å²) in [5.74, 6) is 1.66. The van der Waals surface area contributed by atoms with Crippen molar-refractivity contribution >= 4 is 23.0 Å². The van der Waals surface area contributed by atoms with Crippen LogP contribution in [0.25, 0.3) is 0 Å². The fraction of sp³-hybridized carbons (Fsp3) is 0.455.